The zero-order chi connectivity index (χ0) is 14.5. The van der Waals surface area contributed by atoms with E-state index < -0.39 is 0 Å². The van der Waals surface area contributed by atoms with Gasteiger partial charge in [0.15, 0.2) is 0 Å². The highest BCUT2D eigenvalue weighted by Gasteiger charge is 2.38. The second-order valence-electron chi connectivity index (χ2n) is 6.37. The molecule has 1 saturated heterocycles. The molecule has 2 rings (SSSR count). The van der Waals surface area contributed by atoms with E-state index in [-0.39, 0.29) is 18.5 Å². The summed E-state index contributed by atoms with van der Waals surface area (Å²) in [5, 5.41) is 12.3. The molecule has 116 valence electrons. The molecule has 0 aromatic rings. The second kappa shape index (κ2) is 7.38. The third-order valence-corrected chi connectivity index (χ3v) is 4.65. The third kappa shape index (κ3) is 3.93. The number of carbonyl (C=O) groups excluding carboxylic acids is 1. The average molecular weight is 284 g/mol. The Morgan fingerprint density at radius 1 is 1.35 bits per heavy atom. The number of likely N-dealkylation sites (tertiary alicyclic amines) is 1. The number of ether oxygens (including phenoxy) is 1. The molecule has 2 fully saturated rings. The highest BCUT2D eigenvalue weighted by atomic mass is 16.5. The largest absolute Gasteiger partial charge is 0.469 e. The normalized spacial score (nSPS) is 34.5. The molecular formula is C15H28N2O3. The maximum atomic E-state index is 11.9. The van der Waals surface area contributed by atoms with Gasteiger partial charge in [-0.2, -0.15) is 0 Å². The summed E-state index contributed by atoms with van der Waals surface area (Å²) in [6.45, 7) is 5.15. The highest BCUT2D eigenvalue weighted by Crippen LogP contribution is 2.34. The number of aliphatic hydroxyl groups excluding tert-OH is 1. The van der Waals surface area contributed by atoms with Crippen molar-refractivity contribution in [1.29, 1.82) is 0 Å². The molecule has 5 nitrogen and oxygen atoms in total. The van der Waals surface area contributed by atoms with Crippen molar-refractivity contribution in [3.05, 3.63) is 0 Å². The van der Waals surface area contributed by atoms with Gasteiger partial charge in [0.05, 0.1) is 13.0 Å². The van der Waals surface area contributed by atoms with Crippen LogP contribution >= 0.6 is 0 Å². The van der Waals surface area contributed by atoms with Crippen LogP contribution in [0, 0.1) is 11.8 Å². The Kier molecular flexibility index (Phi) is 5.81. The van der Waals surface area contributed by atoms with Crippen LogP contribution in [-0.4, -0.2) is 61.4 Å². The van der Waals surface area contributed by atoms with Gasteiger partial charge in [0.1, 0.15) is 0 Å². The molecular weight excluding hydrogens is 256 g/mol. The lowest BCUT2D eigenvalue weighted by atomic mass is 9.79. The van der Waals surface area contributed by atoms with Gasteiger partial charge >= 0.3 is 5.97 Å². The van der Waals surface area contributed by atoms with E-state index in [2.05, 4.69) is 17.1 Å². The van der Waals surface area contributed by atoms with Gasteiger partial charge in [0, 0.05) is 31.8 Å². The van der Waals surface area contributed by atoms with Crippen LogP contribution in [0.1, 0.15) is 32.6 Å². The molecule has 1 saturated carbocycles. The minimum atomic E-state index is -0.0870. The Morgan fingerprint density at radius 3 is 2.70 bits per heavy atom. The van der Waals surface area contributed by atoms with Crippen molar-refractivity contribution < 1.29 is 14.6 Å². The Balaban J connectivity index is 1.89. The van der Waals surface area contributed by atoms with E-state index >= 15 is 0 Å². The Hall–Kier alpha value is -0.650. The maximum Gasteiger partial charge on any atom is 0.310 e. The lowest BCUT2D eigenvalue weighted by Gasteiger charge is -2.47. The standard InChI is InChI=1S/C15H28N2O3/c1-11-6-14(7-11)17-9-12(15(19)20-2)8-13(10-17)16-4-3-5-18/h11-14,16,18H,3-10H2,1-2H3. The molecule has 0 aromatic heterocycles. The van der Waals surface area contributed by atoms with E-state index in [9.17, 15) is 4.79 Å². The third-order valence-electron chi connectivity index (χ3n) is 4.65. The fourth-order valence-corrected chi connectivity index (χ4v) is 3.46. The molecule has 2 unspecified atom stereocenters. The monoisotopic (exact) mass is 284 g/mol. The number of methoxy groups -OCH3 is 1. The highest BCUT2D eigenvalue weighted by molar-refractivity contribution is 5.72. The van der Waals surface area contributed by atoms with Crippen LogP contribution in [0.2, 0.25) is 0 Å². The molecule has 1 aliphatic heterocycles. The van der Waals surface area contributed by atoms with Crippen molar-refractivity contribution in [2.24, 2.45) is 11.8 Å². The Morgan fingerprint density at radius 2 is 2.10 bits per heavy atom. The van der Waals surface area contributed by atoms with E-state index in [0.29, 0.717) is 12.1 Å². The van der Waals surface area contributed by atoms with E-state index in [4.69, 9.17) is 9.84 Å². The van der Waals surface area contributed by atoms with Crippen molar-refractivity contribution in [2.75, 3.05) is 33.4 Å². The molecule has 20 heavy (non-hydrogen) atoms. The zero-order valence-corrected chi connectivity index (χ0v) is 12.7. The summed E-state index contributed by atoms with van der Waals surface area (Å²) in [6, 6.07) is 0.968. The molecule has 2 N–H and O–H groups in total. The van der Waals surface area contributed by atoms with Crippen molar-refractivity contribution >= 4 is 5.97 Å². The van der Waals surface area contributed by atoms with Gasteiger partial charge in [-0.25, -0.2) is 0 Å². The van der Waals surface area contributed by atoms with E-state index in [1.165, 1.54) is 20.0 Å². The number of hydrogen-bond acceptors (Lipinski definition) is 5. The zero-order valence-electron chi connectivity index (χ0n) is 12.7. The van der Waals surface area contributed by atoms with E-state index in [1.54, 1.807) is 0 Å². The molecule has 0 aromatic carbocycles. The van der Waals surface area contributed by atoms with Gasteiger partial charge in [0.25, 0.3) is 0 Å². The smallest absolute Gasteiger partial charge is 0.310 e. The second-order valence-corrected chi connectivity index (χ2v) is 6.37. The summed E-state index contributed by atoms with van der Waals surface area (Å²) < 4.78 is 4.93. The van der Waals surface area contributed by atoms with Crippen LogP contribution < -0.4 is 5.32 Å². The molecule has 2 aliphatic rings. The van der Waals surface area contributed by atoms with Crippen molar-refractivity contribution in [3.63, 3.8) is 0 Å². The van der Waals surface area contributed by atoms with Crippen LogP contribution in [0.15, 0.2) is 0 Å². The number of piperidine rings is 1. The van der Waals surface area contributed by atoms with E-state index in [1.807, 2.05) is 0 Å². The topological polar surface area (TPSA) is 61.8 Å². The summed E-state index contributed by atoms with van der Waals surface area (Å²) in [6.07, 6.45) is 4.10. The quantitative estimate of drug-likeness (QED) is 0.553. The first kappa shape index (κ1) is 15.7. The van der Waals surface area contributed by atoms with E-state index in [0.717, 1.165) is 38.4 Å². The first-order chi connectivity index (χ1) is 9.63. The van der Waals surface area contributed by atoms with Crippen LogP contribution in [0.4, 0.5) is 0 Å². The Bertz CT molecular complexity index is 318. The van der Waals surface area contributed by atoms with Crippen molar-refractivity contribution in [1.82, 2.24) is 10.2 Å². The molecule has 0 spiro atoms. The molecule has 2 atom stereocenters. The fourth-order valence-electron chi connectivity index (χ4n) is 3.46. The number of aliphatic hydroxyl groups is 1. The predicted octanol–water partition coefficient (Wildman–Crippen LogP) is 0.620. The Labute approximate surface area is 121 Å². The molecule has 1 heterocycles. The summed E-state index contributed by atoms with van der Waals surface area (Å²) >= 11 is 0. The number of nitrogens with one attached hydrogen (secondary N) is 1. The number of carbonyl (C=O) groups is 1. The van der Waals surface area contributed by atoms with Crippen LogP contribution in [0.3, 0.4) is 0 Å². The first-order valence-electron chi connectivity index (χ1n) is 7.80. The minimum absolute atomic E-state index is 0.0173. The SMILES string of the molecule is COC(=O)C1CC(NCCCO)CN(C2CC(C)C2)C1. The van der Waals surface area contributed by atoms with Crippen LogP contribution in [0.25, 0.3) is 0 Å². The number of nitrogens with zero attached hydrogens (tertiary/aromatic N) is 1. The number of esters is 1. The average Bonchev–Trinajstić information content (AvgIpc) is 2.43. The summed E-state index contributed by atoms with van der Waals surface area (Å²) in [5.41, 5.74) is 0. The number of hydrogen-bond donors (Lipinski definition) is 2. The summed E-state index contributed by atoms with van der Waals surface area (Å²) in [4.78, 5) is 14.3. The molecule has 0 radical (unpaired) electrons. The van der Waals surface area contributed by atoms with Gasteiger partial charge in [0.2, 0.25) is 0 Å². The van der Waals surface area contributed by atoms with Gasteiger partial charge in [-0.3, -0.25) is 9.69 Å². The van der Waals surface area contributed by atoms with Gasteiger partial charge in [-0.1, -0.05) is 6.92 Å². The van der Waals surface area contributed by atoms with Crippen molar-refractivity contribution in [2.45, 2.75) is 44.7 Å². The van der Waals surface area contributed by atoms with Gasteiger partial charge in [-0.15, -0.1) is 0 Å². The lowest BCUT2D eigenvalue weighted by molar-refractivity contribution is -0.148. The van der Waals surface area contributed by atoms with Gasteiger partial charge in [-0.05, 0) is 38.1 Å². The van der Waals surface area contributed by atoms with Crippen molar-refractivity contribution in [3.8, 4) is 0 Å². The van der Waals surface area contributed by atoms with Crippen LogP contribution in [-0.2, 0) is 9.53 Å². The number of rotatable bonds is 6. The molecule has 0 bridgehead atoms. The molecule has 0 amide bonds. The van der Waals surface area contributed by atoms with Gasteiger partial charge < -0.3 is 15.2 Å². The first-order valence-corrected chi connectivity index (χ1v) is 7.80. The summed E-state index contributed by atoms with van der Waals surface area (Å²) in [5.74, 6) is 0.714. The predicted molar refractivity (Wildman–Crippen MR) is 77.4 cm³/mol. The summed E-state index contributed by atoms with van der Waals surface area (Å²) in [7, 11) is 1.47. The molecule has 5 heteroatoms. The fraction of sp³-hybridized carbons (Fsp3) is 0.933. The van der Waals surface area contributed by atoms with Crippen LogP contribution in [0.5, 0.6) is 0 Å². The minimum Gasteiger partial charge on any atom is -0.469 e. The molecule has 1 aliphatic carbocycles. The maximum absolute atomic E-state index is 11.9. The lowest BCUT2D eigenvalue weighted by Crippen LogP contribution is -2.57.